The van der Waals surface area contributed by atoms with Gasteiger partial charge in [0.2, 0.25) is 0 Å². The third-order valence-electron chi connectivity index (χ3n) is 3.69. The molecule has 4 nitrogen and oxygen atoms in total. The van der Waals surface area contributed by atoms with E-state index in [2.05, 4.69) is 15.6 Å². The van der Waals surface area contributed by atoms with E-state index in [1.807, 2.05) is 0 Å². The van der Waals surface area contributed by atoms with Crippen LogP contribution < -0.4 is 10.6 Å². The first kappa shape index (κ1) is 18.4. The molecule has 0 radical (unpaired) electrons. The zero-order chi connectivity index (χ0) is 19.4. The smallest absolute Gasteiger partial charge is 0.257 e. The first-order chi connectivity index (χ1) is 12.9. The van der Waals surface area contributed by atoms with Crippen LogP contribution in [0.25, 0.3) is 0 Å². The number of benzene rings is 2. The Balaban J connectivity index is 1.70. The molecule has 1 aromatic heterocycles. The number of hydrogen-bond acceptors (Lipinski definition) is 3. The van der Waals surface area contributed by atoms with E-state index in [1.165, 1.54) is 30.6 Å². The number of rotatable bonds is 5. The highest BCUT2D eigenvalue weighted by Crippen LogP contribution is 2.20. The lowest BCUT2D eigenvalue weighted by atomic mass is 10.2. The topological polar surface area (TPSA) is 54.0 Å². The molecule has 27 heavy (non-hydrogen) atoms. The Labute approximate surface area is 151 Å². The summed E-state index contributed by atoms with van der Waals surface area (Å²) < 4.78 is 52.8. The molecule has 1 amide bonds. The van der Waals surface area contributed by atoms with Crippen LogP contribution in [0, 0.1) is 23.3 Å². The molecule has 2 aromatic carbocycles. The van der Waals surface area contributed by atoms with Crippen LogP contribution in [0.2, 0.25) is 0 Å². The van der Waals surface area contributed by atoms with E-state index >= 15 is 0 Å². The van der Waals surface area contributed by atoms with Gasteiger partial charge < -0.3 is 10.6 Å². The van der Waals surface area contributed by atoms with Gasteiger partial charge in [0.25, 0.3) is 5.91 Å². The number of amides is 1. The van der Waals surface area contributed by atoms with E-state index in [0.29, 0.717) is 18.3 Å². The second-order valence-electron chi connectivity index (χ2n) is 5.62. The van der Waals surface area contributed by atoms with Gasteiger partial charge in [-0.1, -0.05) is 12.1 Å². The fourth-order valence-corrected chi connectivity index (χ4v) is 2.28. The molecule has 8 heteroatoms. The lowest BCUT2D eigenvalue weighted by Crippen LogP contribution is -2.14. The van der Waals surface area contributed by atoms with Gasteiger partial charge in [0.05, 0.1) is 16.9 Å². The van der Waals surface area contributed by atoms with Gasteiger partial charge in [0, 0.05) is 18.9 Å². The summed E-state index contributed by atoms with van der Waals surface area (Å²) in [4.78, 5) is 16.1. The molecule has 0 aliphatic rings. The molecule has 138 valence electrons. The van der Waals surface area contributed by atoms with Crippen LogP contribution in [0.15, 0.2) is 54.9 Å². The lowest BCUT2D eigenvalue weighted by Gasteiger charge is -2.10. The quantitative estimate of drug-likeness (QED) is 0.510. The van der Waals surface area contributed by atoms with Gasteiger partial charge >= 0.3 is 0 Å². The fraction of sp³-hybridized carbons (Fsp3) is 0.0526. The number of halogens is 4. The molecular formula is C19H13F4N3O. The zero-order valence-corrected chi connectivity index (χ0v) is 13.8. The minimum Gasteiger partial charge on any atom is -0.380 e. The highest BCUT2D eigenvalue weighted by Gasteiger charge is 2.16. The normalized spacial score (nSPS) is 10.5. The zero-order valence-electron chi connectivity index (χ0n) is 13.8. The summed E-state index contributed by atoms with van der Waals surface area (Å²) >= 11 is 0. The fourth-order valence-electron chi connectivity index (χ4n) is 2.28. The Bertz CT molecular complexity index is 977. The summed E-state index contributed by atoms with van der Waals surface area (Å²) in [6.45, 7) is 0.366. The van der Waals surface area contributed by atoms with Crippen molar-refractivity contribution in [2.24, 2.45) is 0 Å². The van der Waals surface area contributed by atoms with Crippen molar-refractivity contribution in [2.45, 2.75) is 6.54 Å². The molecule has 0 fully saturated rings. The van der Waals surface area contributed by atoms with Crippen LogP contribution in [0.5, 0.6) is 0 Å². The molecule has 0 spiro atoms. The van der Waals surface area contributed by atoms with Crippen LogP contribution in [0.3, 0.4) is 0 Å². The minimum atomic E-state index is -1.67. The maximum atomic E-state index is 13.7. The molecule has 2 N–H and O–H groups in total. The Morgan fingerprint density at radius 3 is 2.41 bits per heavy atom. The maximum Gasteiger partial charge on any atom is 0.257 e. The first-order valence-corrected chi connectivity index (χ1v) is 7.82. The van der Waals surface area contributed by atoms with Crippen molar-refractivity contribution in [3.63, 3.8) is 0 Å². The van der Waals surface area contributed by atoms with Gasteiger partial charge in [-0.3, -0.25) is 9.78 Å². The molecule has 1 heterocycles. The van der Waals surface area contributed by atoms with E-state index in [1.54, 1.807) is 12.1 Å². The average Bonchev–Trinajstić information content (AvgIpc) is 2.68. The summed E-state index contributed by atoms with van der Waals surface area (Å²) in [5, 5.41) is 5.19. The van der Waals surface area contributed by atoms with Gasteiger partial charge in [-0.15, -0.1) is 0 Å². The first-order valence-electron chi connectivity index (χ1n) is 7.82. The van der Waals surface area contributed by atoms with Gasteiger partial charge in [-0.25, -0.2) is 17.6 Å². The van der Waals surface area contributed by atoms with Crippen molar-refractivity contribution in [1.29, 1.82) is 0 Å². The summed E-state index contributed by atoms with van der Waals surface area (Å²) in [7, 11) is 0. The van der Waals surface area contributed by atoms with Crippen molar-refractivity contribution >= 4 is 17.3 Å². The molecule has 0 aliphatic heterocycles. The summed E-state index contributed by atoms with van der Waals surface area (Å²) in [6, 6.07) is 8.98. The van der Waals surface area contributed by atoms with Crippen LogP contribution in [-0.4, -0.2) is 10.9 Å². The Kier molecular flexibility index (Phi) is 5.35. The number of aromatic nitrogens is 1. The highest BCUT2D eigenvalue weighted by atomic mass is 19.2. The van der Waals surface area contributed by atoms with Gasteiger partial charge in [-0.2, -0.15) is 0 Å². The van der Waals surface area contributed by atoms with Gasteiger partial charge in [0.15, 0.2) is 17.5 Å². The van der Waals surface area contributed by atoms with Crippen molar-refractivity contribution in [1.82, 2.24) is 4.98 Å². The van der Waals surface area contributed by atoms with Gasteiger partial charge in [0.1, 0.15) is 5.82 Å². The van der Waals surface area contributed by atoms with Crippen molar-refractivity contribution in [3.8, 4) is 0 Å². The predicted molar refractivity (Wildman–Crippen MR) is 92.2 cm³/mol. The van der Waals surface area contributed by atoms with Crippen LogP contribution in [0.4, 0.5) is 28.9 Å². The summed E-state index contributed by atoms with van der Waals surface area (Å²) in [6.07, 6.45) is 2.72. The number of pyridine rings is 1. The van der Waals surface area contributed by atoms with E-state index in [4.69, 9.17) is 0 Å². The van der Waals surface area contributed by atoms with Crippen molar-refractivity contribution in [3.05, 3.63) is 89.3 Å². The monoisotopic (exact) mass is 375 g/mol. The molecule has 0 bridgehead atoms. The van der Waals surface area contributed by atoms with Crippen molar-refractivity contribution < 1.29 is 22.4 Å². The summed E-state index contributed by atoms with van der Waals surface area (Å²) in [5.74, 6) is -5.58. The molecule has 0 saturated heterocycles. The van der Waals surface area contributed by atoms with Crippen LogP contribution in [-0.2, 0) is 6.54 Å². The van der Waals surface area contributed by atoms with Gasteiger partial charge in [-0.05, 0) is 35.9 Å². The summed E-state index contributed by atoms with van der Waals surface area (Å²) in [5.41, 5.74) is 0.916. The third kappa shape index (κ3) is 4.41. The Morgan fingerprint density at radius 1 is 0.926 bits per heavy atom. The number of nitrogens with zero attached hydrogens (tertiary/aromatic N) is 1. The third-order valence-corrected chi connectivity index (χ3v) is 3.69. The lowest BCUT2D eigenvalue weighted by molar-refractivity contribution is 0.102. The number of hydrogen-bond donors (Lipinski definition) is 2. The molecule has 0 aliphatic carbocycles. The Hall–Kier alpha value is -3.42. The number of carbonyl (C=O) groups excluding carboxylic acids is 1. The van der Waals surface area contributed by atoms with E-state index < -0.39 is 29.0 Å². The molecule has 0 atom stereocenters. The van der Waals surface area contributed by atoms with Crippen LogP contribution >= 0.6 is 0 Å². The SMILES string of the molecule is O=C(Nc1ccc(F)c(F)c1F)c1cncc(NCc2ccc(F)cc2)c1. The predicted octanol–water partition coefficient (Wildman–Crippen LogP) is 4.50. The largest absolute Gasteiger partial charge is 0.380 e. The minimum absolute atomic E-state index is 0.0863. The number of carbonyl (C=O) groups is 1. The molecule has 3 aromatic rings. The standard InChI is InChI=1S/C19H13F4N3O/c20-13-3-1-11(2-4-13)8-25-14-7-12(9-24-10-14)19(27)26-16-6-5-15(21)17(22)18(16)23/h1-7,9-10,25H,8H2,(H,26,27). The molecule has 0 saturated carbocycles. The Morgan fingerprint density at radius 2 is 1.67 bits per heavy atom. The average molecular weight is 375 g/mol. The second kappa shape index (κ2) is 7.86. The molecule has 0 unspecified atom stereocenters. The van der Waals surface area contributed by atoms with E-state index in [0.717, 1.165) is 11.6 Å². The molecule has 3 rings (SSSR count). The number of nitrogens with one attached hydrogen (secondary N) is 2. The van der Waals surface area contributed by atoms with E-state index in [9.17, 15) is 22.4 Å². The second-order valence-corrected chi connectivity index (χ2v) is 5.62. The molecular weight excluding hydrogens is 362 g/mol. The van der Waals surface area contributed by atoms with Crippen molar-refractivity contribution in [2.75, 3.05) is 10.6 Å². The van der Waals surface area contributed by atoms with Crippen LogP contribution in [0.1, 0.15) is 15.9 Å². The van der Waals surface area contributed by atoms with E-state index in [-0.39, 0.29) is 11.4 Å². The number of anilines is 2. The maximum absolute atomic E-state index is 13.7. The highest BCUT2D eigenvalue weighted by molar-refractivity contribution is 6.04.